The maximum Gasteiger partial charge on any atom is 0.0341 e. The molecule has 0 amide bonds. The highest BCUT2D eigenvalue weighted by Gasteiger charge is 1.93. The Morgan fingerprint density at radius 1 is 0.889 bits per heavy atom. The minimum absolute atomic E-state index is 0. The molecule has 2 nitrogen and oxygen atoms in total. The Balaban J connectivity index is 0.00000162. The molecule has 0 aromatic heterocycles. The van der Waals surface area contributed by atoms with E-state index >= 15 is 0 Å². The van der Waals surface area contributed by atoms with Gasteiger partial charge in [0, 0.05) is 17.9 Å². The molecule has 0 spiro atoms. The Bertz CT molecular complexity index is 440. The molecule has 3 N–H and O–H groups in total. The molecule has 0 bridgehead atoms. The summed E-state index contributed by atoms with van der Waals surface area (Å²) in [5.74, 6) is 0. The van der Waals surface area contributed by atoms with Crippen molar-refractivity contribution < 1.29 is 0 Å². The topological polar surface area (TPSA) is 38.0 Å². The van der Waals surface area contributed by atoms with Gasteiger partial charge < -0.3 is 11.1 Å². The van der Waals surface area contributed by atoms with Crippen LogP contribution in [-0.4, -0.2) is 6.54 Å². The summed E-state index contributed by atoms with van der Waals surface area (Å²) < 4.78 is 0. The van der Waals surface area contributed by atoms with Crippen LogP contribution in [0.1, 0.15) is 12.0 Å². The standard InChI is InChI=1S/C15H18N2.ClH/c16-14-8-10-15(11-9-14)17-12-4-7-13-5-2-1-3-6-13;/h1-3,5-6,8-11,17H,4,7,12,16H2;1H. The number of hydrogen-bond donors (Lipinski definition) is 2. The molecule has 0 saturated heterocycles. The fraction of sp³-hybridized carbons (Fsp3) is 0.200. The summed E-state index contributed by atoms with van der Waals surface area (Å²) in [5, 5.41) is 3.39. The van der Waals surface area contributed by atoms with E-state index in [1.54, 1.807) is 0 Å². The third kappa shape index (κ3) is 4.68. The van der Waals surface area contributed by atoms with Crippen molar-refractivity contribution in [1.29, 1.82) is 0 Å². The third-order valence-electron chi connectivity index (χ3n) is 2.72. The highest BCUT2D eigenvalue weighted by Crippen LogP contribution is 2.10. The number of halogens is 1. The van der Waals surface area contributed by atoms with Gasteiger partial charge in [-0.25, -0.2) is 0 Å². The van der Waals surface area contributed by atoms with Crippen molar-refractivity contribution in [3.63, 3.8) is 0 Å². The molecule has 0 aliphatic rings. The Hall–Kier alpha value is -1.67. The van der Waals surface area contributed by atoms with Gasteiger partial charge in [0.1, 0.15) is 0 Å². The van der Waals surface area contributed by atoms with Gasteiger partial charge >= 0.3 is 0 Å². The minimum Gasteiger partial charge on any atom is -0.399 e. The number of nitrogens with one attached hydrogen (secondary N) is 1. The Morgan fingerprint density at radius 2 is 1.56 bits per heavy atom. The minimum atomic E-state index is 0. The van der Waals surface area contributed by atoms with Crippen molar-refractivity contribution in [2.45, 2.75) is 12.8 Å². The molecule has 2 aromatic carbocycles. The van der Waals surface area contributed by atoms with Crippen LogP contribution in [0.15, 0.2) is 54.6 Å². The van der Waals surface area contributed by atoms with Crippen LogP contribution in [0, 0.1) is 0 Å². The summed E-state index contributed by atoms with van der Waals surface area (Å²) in [6, 6.07) is 18.4. The predicted molar refractivity (Wildman–Crippen MR) is 81.4 cm³/mol. The number of nitrogens with two attached hydrogens (primary N) is 1. The Kier molecular flexibility index (Phi) is 6.09. The summed E-state index contributed by atoms with van der Waals surface area (Å²) in [5.41, 5.74) is 8.96. The first-order chi connectivity index (χ1) is 8.34. The molecule has 0 saturated carbocycles. The smallest absolute Gasteiger partial charge is 0.0341 e. The van der Waals surface area contributed by atoms with Gasteiger partial charge in [-0.1, -0.05) is 30.3 Å². The van der Waals surface area contributed by atoms with E-state index in [1.165, 1.54) is 5.56 Å². The predicted octanol–water partition coefficient (Wildman–Crippen LogP) is 3.74. The van der Waals surface area contributed by atoms with Crippen LogP contribution in [0.5, 0.6) is 0 Å². The maximum absolute atomic E-state index is 5.63. The lowest BCUT2D eigenvalue weighted by Crippen LogP contribution is -2.02. The molecule has 3 heteroatoms. The van der Waals surface area contributed by atoms with Gasteiger partial charge in [-0.15, -0.1) is 12.4 Å². The fourth-order valence-electron chi connectivity index (χ4n) is 1.77. The largest absolute Gasteiger partial charge is 0.399 e. The molecular formula is C15H19ClN2. The van der Waals surface area contributed by atoms with Gasteiger partial charge in [0.05, 0.1) is 0 Å². The third-order valence-corrected chi connectivity index (χ3v) is 2.72. The molecule has 0 unspecified atom stereocenters. The van der Waals surface area contributed by atoms with Gasteiger partial charge in [0.15, 0.2) is 0 Å². The molecule has 2 rings (SSSR count). The second-order valence-electron chi connectivity index (χ2n) is 4.14. The molecule has 18 heavy (non-hydrogen) atoms. The SMILES string of the molecule is Cl.Nc1ccc(NCCCc2ccccc2)cc1. The highest BCUT2D eigenvalue weighted by atomic mass is 35.5. The van der Waals surface area contributed by atoms with Crippen molar-refractivity contribution in [2.75, 3.05) is 17.6 Å². The lowest BCUT2D eigenvalue weighted by atomic mass is 10.1. The van der Waals surface area contributed by atoms with E-state index < -0.39 is 0 Å². The zero-order valence-electron chi connectivity index (χ0n) is 10.3. The molecule has 2 aromatic rings. The monoisotopic (exact) mass is 262 g/mol. The summed E-state index contributed by atoms with van der Waals surface area (Å²) in [4.78, 5) is 0. The van der Waals surface area contributed by atoms with E-state index in [0.29, 0.717) is 0 Å². The first-order valence-corrected chi connectivity index (χ1v) is 5.98. The van der Waals surface area contributed by atoms with Gasteiger partial charge in [0.25, 0.3) is 0 Å². The number of rotatable bonds is 5. The van der Waals surface area contributed by atoms with Gasteiger partial charge in [-0.3, -0.25) is 0 Å². The Morgan fingerprint density at radius 3 is 2.22 bits per heavy atom. The fourth-order valence-corrected chi connectivity index (χ4v) is 1.77. The average Bonchev–Trinajstić information content (AvgIpc) is 2.38. The average molecular weight is 263 g/mol. The van der Waals surface area contributed by atoms with Crippen LogP contribution in [0.4, 0.5) is 11.4 Å². The quantitative estimate of drug-likeness (QED) is 0.636. The molecule has 0 fully saturated rings. The maximum atomic E-state index is 5.63. The molecule has 96 valence electrons. The zero-order valence-corrected chi connectivity index (χ0v) is 11.1. The lowest BCUT2D eigenvalue weighted by molar-refractivity contribution is 0.863. The molecule has 0 aliphatic heterocycles. The normalized spacial score (nSPS) is 9.56. The highest BCUT2D eigenvalue weighted by molar-refractivity contribution is 5.85. The van der Waals surface area contributed by atoms with E-state index in [9.17, 15) is 0 Å². The summed E-state index contributed by atoms with van der Waals surface area (Å²) >= 11 is 0. The zero-order chi connectivity index (χ0) is 11.9. The number of aryl methyl sites for hydroxylation is 1. The lowest BCUT2D eigenvalue weighted by Gasteiger charge is -2.06. The van der Waals surface area contributed by atoms with E-state index in [2.05, 4.69) is 35.6 Å². The second kappa shape index (κ2) is 7.62. The number of anilines is 2. The van der Waals surface area contributed by atoms with Gasteiger partial charge in [0.2, 0.25) is 0 Å². The first-order valence-electron chi connectivity index (χ1n) is 5.98. The van der Waals surface area contributed by atoms with Crippen molar-refractivity contribution in [3.05, 3.63) is 60.2 Å². The van der Waals surface area contributed by atoms with Crippen molar-refractivity contribution in [2.24, 2.45) is 0 Å². The van der Waals surface area contributed by atoms with Crippen LogP contribution in [0.2, 0.25) is 0 Å². The Labute approximate surface area is 115 Å². The van der Waals surface area contributed by atoms with Crippen LogP contribution in [-0.2, 0) is 6.42 Å². The molecule has 0 radical (unpaired) electrons. The van der Waals surface area contributed by atoms with Crippen LogP contribution >= 0.6 is 12.4 Å². The van der Waals surface area contributed by atoms with Crippen LogP contribution < -0.4 is 11.1 Å². The second-order valence-corrected chi connectivity index (χ2v) is 4.14. The van der Waals surface area contributed by atoms with Crippen molar-refractivity contribution in [1.82, 2.24) is 0 Å². The van der Waals surface area contributed by atoms with Crippen LogP contribution in [0.25, 0.3) is 0 Å². The van der Waals surface area contributed by atoms with E-state index in [-0.39, 0.29) is 12.4 Å². The first kappa shape index (κ1) is 14.4. The number of benzene rings is 2. The summed E-state index contributed by atoms with van der Waals surface area (Å²) in [6.07, 6.45) is 2.25. The van der Waals surface area contributed by atoms with E-state index in [1.807, 2.05) is 24.3 Å². The van der Waals surface area contributed by atoms with E-state index in [4.69, 9.17) is 5.73 Å². The van der Waals surface area contributed by atoms with Crippen molar-refractivity contribution >= 4 is 23.8 Å². The molecular weight excluding hydrogens is 244 g/mol. The summed E-state index contributed by atoms with van der Waals surface area (Å²) in [7, 11) is 0. The molecule has 0 aliphatic carbocycles. The van der Waals surface area contributed by atoms with E-state index in [0.717, 1.165) is 30.8 Å². The van der Waals surface area contributed by atoms with Gasteiger partial charge in [-0.2, -0.15) is 0 Å². The molecule has 0 atom stereocenters. The summed E-state index contributed by atoms with van der Waals surface area (Å²) in [6.45, 7) is 0.985. The number of nitrogen functional groups attached to an aromatic ring is 1. The van der Waals surface area contributed by atoms with Crippen molar-refractivity contribution in [3.8, 4) is 0 Å². The molecule has 0 heterocycles. The van der Waals surface area contributed by atoms with Crippen LogP contribution in [0.3, 0.4) is 0 Å². The van der Waals surface area contributed by atoms with Gasteiger partial charge in [-0.05, 0) is 42.7 Å². The number of hydrogen-bond acceptors (Lipinski definition) is 2.